The molecule has 1 aromatic carbocycles. The first-order valence-corrected chi connectivity index (χ1v) is 4.49. The summed E-state index contributed by atoms with van der Waals surface area (Å²) in [5.41, 5.74) is 4.22. The molecule has 15 heavy (non-hydrogen) atoms. The van der Waals surface area contributed by atoms with Gasteiger partial charge in [-0.05, 0) is 24.3 Å². The maximum atomic E-state index is 13.4. The van der Waals surface area contributed by atoms with Gasteiger partial charge in [0, 0.05) is 11.8 Å². The van der Waals surface area contributed by atoms with Crippen LogP contribution in [0.2, 0.25) is 0 Å². The molecule has 0 aliphatic rings. The van der Waals surface area contributed by atoms with Gasteiger partial charge in [0.15, 0.2) is 0 Å². The highest BCUT2D eigenvalue weighted by Gasteiger charge is 2.05. The van der Waals surface area contributed by atoms with Crippen LogP contribution in [0.1, 0.15) is 0 Å². The molecule has 0 amide bonds. The summed E-state index contributed by atoms with van der Waals surface area (Å²) < 4.78 is 13.4. The van der Waals surface area contributed by atoms with Crippen LogP contribution < -0.4 is 11.3 Å². The van der Waals surface area contributed by atoms with Crippen molar-refractivity contribution in [3.05, 3.63) is 48.4 Å². The molecule has 3 nitrogen and oxygen atoms in total. The predicted molar refractivity (Wildman–Crippen MR) is 57.4 cm³/mol. The fourth-order valence-electron chi connectivity index (χ4n) is 1.34. The maximum absolute atomic E-state index is 13.4. The van der Waals surface area contributed by atoms with Crippen molar-refractivity contribution in [1.29, 1.82) is 0 Å². The van der Waals surface area contributed by atoms with Gasteiger partial charge in [-0.3, -0.25) is 10.8 Å². The van der Waals surface area contributed by atoms with Gasteiger partial charge in [-0.1, -0.05) is 12.1 Å². The topological polar surface area (TPSA) is 50.9 Å². The normalized spacial score (nSPS) is 10.0. The number of anilines is 1. The molecule has 0 fully saturated rings. The summed E-state index contributed by atoms with van der Waals surface area (Å²) in [6.07, 6.45) is 1.58. The van der Waals surface area contributed by atoms with Gasteiger partial charge >= 0.3 is 0 Å². The third-order valence-electron chi connectivity index (χ3n) is 2.08. The van der Waals surface area contributed by atoms with Crippen LogP contribution in [0, 0.1) is 5.82 Å². The zero-order valence-electron chi connectivity index (χ0n) is 7.94. The van der Waals surface area contributed by atoms with Crippen LogP contribution >= 0.6 is 0 Å². The number of pyridine rings is 1. The quantitative estimate of drug-likeness (QED) is 0.581. The van der Waals surface area contributed by atoms with Crippen LogP contribution in [0.5, 0.6) is 0 Å². The summed E-state index contributed by atoms with van der Waals surface area (Å²) in [4.78, 5) is 4.08. The summed E-state index contributed by atoms with van der Waals surface area (Å²) in [7, 11) is 0. The Morgan fingerprint density at radius 1 is 1.20 bits per heavy atom. The number of nitrogens with one attached hydrogen (secondary N) is 1. The minimum absolute atomic E-state index is 0.292. The molecule has 0 saturated heterocycles. The number of nitrogens with zero attached hydrogens (tertiary/aromatic N) is 1. The van der Waals surface area contributed by atoms with E-state index in [0.717, 1.165) is 0 Å². The molecule has 0 unspecified atom stereocenters. The Labute approximate surface area is 86.7 Å². The number of rotatable bonds is 2. The SMILES string of the molecule is NNc1ccnc(-c2ccccc2F)c1. The van der Waals surface area contributed by atoms with E-state index >= 15 is 0 Å². The third kappa shape index (κ3) is 1.94. The van der Waals surface area contributed by atoms with Crippen LogP contribution in [0.25, 0.3) is 11.3 Å². The molecule has 0 aliphatic carbocycles. The molecule has 0 saturated carbocycles. The summed E-state index contributed by atoms with van der Waals surface area (Å²) in [6.45, 7) is 0. The van der Waals surface area contributed by atoms with E-state index in [1.165, 1.54) is 6.07 Å². The van der Waals surface area contributed by atoms with Crippen molar-refractivity contribution in [2.24, 2.45) is 5.84 Å². The number of benzene rings is 1. The molecular weight excluding hydrogens is 193 g/mol. The Kier molecular flexibility index (Phi) is 2.60. The molecule has 1 heterocycles. The Hall–Kier alpha value is -1.94. The second-order valence-corrected chi connectivity index (χ2v) is 3.05. The highest BCUT2D eigenvalue weighted by Crippen LogP contribution is 2.22. The van der Waals surface area contributed by atoms with Crippen molar-refractivity contribution in [2.75, 3.05) is 5.43 Å². The van der Waals surface area contributed by atoms with E-state index in [9.17, 15) is 4.39 Å². The second kappa shape index (κ2) is 4.06. The first kappa shape index (κ1) is 9.61. The summed E-state index contributed by atoms with van der Waals surface area (Å²) in [5, 5.41) is 0. The summed E-state index contributed by atoms with van der Waals surface area (Å²) in [6, 6.07) is 9.90. The van der Waals surface area contributed by atoms with E-state index in [0.29, 0.717) is 16.9 Å². The number of nitrogen functional groups attached to an aromatic ring is 1. The predicted octanol–water partition coefficient (Wildman–Crippen LogP) is 2.17. The largest absolute Gasteiger partial charge is 0.324 e. The van der Waals surface area contributed by atoms with Gasteiger partial charge in [0.05, 0.1) is 11.4 Å². The fraction of sp³-hybridized carbons (Fsp3) is 0. The molecule has 4 heteroatoms. The zero-order valence-corrected chi connectivity index (χ0v) is 7.94. The van der Waals surface area contributed by atoms with Crippen molar-refractivity contribution in [1.82, 2.24) is 4.98 Å². The van der Waals surface area contributed by atoms with Crippen LogP contribution in [-0.2, 0) is 0 Å². The zero-order chi connectivity index (χ0) is 10.7. The Bertz CT molecular complexity index is 471. The molecule has 2 rings (SSSR count). The van der Waals surface area contributed by atoms with Crippen molar-refractivity contribution in [2.45, 2.75) is 0 Å². The molecular formula is C11H10FN3. The van der Waals surface area contributed by atoms with E-state index in [1.54, 1.807) is 36.5 Å². The monoisotopic (exact) mass is 203 g/mol. The third-order valence-corrected chi connectivity index (χ3v) is 2.08. The summed E-state index contributed by atoms with van der Waals surface area (Å²) in [5.74, 6) is 4.97. The van der Waals surface area contributed by atoms with Gasteiger partial charge in [-0.15, -0.1) is 0 Å². The van der Waals surface area contributed by atoms with E-state index in [1.807, 2.05) is 0 Å². The molecule has 0 radical (unpaired) electrons. The molecule has 0 spiro atoms. The van der Waals surface area contributed by atoms with Gasteiger partial charge < -0.3 is 5.43 Å². The lowest BCUT2D eigenvalue weighted by Crippen LogP contribution is -2.06. The van der Waals surface area contributed by atoms with Gasteiger partial charge in [0.1, 0.15) is 5.82 Å². The lowest BCUT2D eigenvalue weighted by Gasteiger charge is -2.04. The van der Waals surface area contributed by atoms with E-state index in [-0.39, 0.29) is 5.82 Å². The van der Waals surface area contributed by atoms with Crippen molar-refractivity contribution in [3.63, 3.8) is 0 Å². The van der Waals surface area contributed by atoms with E-state index < -0.39 is 0 Å². The van der Waals surface area contributed by atoms with Gasteiger partial charge in [-0.2, -0.15) is 0 Å². The first-order chi connectivity index (χ1) is 7.31. The van der Waals surface area contributed by atoms with Crippen molar-refractivity contribution < 1.29 is 4.39 Å². The number of nitrogens with two attached hydrogens (primary N) is 1. The van der Waals surface area contributed by atoms with Gasteiger partial charge in [0.25, 0.3) is 0 Å². The molecule has 76 valence electrons. The van der Waals surface area contributed by atoms with Gasteiger partial charge in [0.2, 0.25) is 0 Å². The Balaban J connectivity index is 2.49. The lowest BCUT2D eigenvalue weighted by atomic mass is 10.1. The lowest BCUT2D eigenvalue weighted by molar-refractivity contribution is 0.631. The standard InChI is InChI=1S/C11H10FN3/c12-10-4-2-1-3-9(10)11-7-8(15-13)5-6-14-11/h1-7H,13H2,(H,14,15). The number of hydrogen-bond acceptors (Lipinski definition) is 3. The molecule has 0 bridgehead atoms. The van der Waals surface area contributed by atoms with E-state index in [2.05, 4.69) is 10.4 Å². The number of hydrazine groups is 1. The fourth-order valence-corrected chi connectivity index (χ4v) is 1.34. The number of aromatic nitrogens is 1. The molecule has 0 atom stereocenters. The average molecular weight is 203 g/mol. The number of hydrogen-bond donors (Lipinski definition) is 2. The maximum Gasteiger partial charge on any atom is 0.132 e. The number of halogens is 1. The molecule has 2 aromatic rings. The van der Waals surface area contributed by atoms with Crippen molar-refractivity contribution >= 4 is 5.69 Å². The van der Waals surface area contributed by atoms with E-state index in [4.69, 9.17) is 5.84 Å². The van der Waals surface area contributed by atoms with Crippen LogP contribution in [-0.4, -0.2) is 4.98 Å². The van der Waals surface area contributed by atoms with Crippen LogP contribution in [0.4, 0.5) is 10.1 Å². The summed E-state index contributed by atoms with van der Waals surface area (Å²) >= 11 is 0. The van der Waals surface area contributed by atoms with Crippen LogP contribution in [0.3, 0.4) is 0 Å². The molecule has 0 aliphatic heterocycles. The Morgan fingerprint density at radius 2 is 2.00 bits per heavy atom. The second-order valence-electron chi connectivity index (χ2n) is 3.05. The highest BCUT2D eigenvalue weighted by atomic mass is 19.1. The molecule has 1 aromatic heterocycles. The van der Waals surface area contributed by atoms with Crippen LogP contribution in [0.15, 0.2) is 42.6 Å². The first-order valence-electron chi connectivity index (χ1n) is 4.49. The minimum atomic E-state index is -0.292. The Morgan fingerprint density at radius 3 is 2.73 bits per heavy atom. The van der Waals surface area contributed by atoms with Crippen molar-refractivity contribution in [3.8, 4) is 11.3 Å². The smallest absolute Gasteiger partial charge is 0.132 e. The average Bonchev–Trinajstić information content (AvgIpc) is 2.30. The highest BCUT2D eigenvalue weighted by molar-refractivity contribution is 5.64. The molecule has 3 N–H and O–H groups in total. The minimum Gasteiger partial charge on any atom is -0.324 e. The van der Waals surface area contributed by atoms with Gasteiger partial charge in [-0.25, -0.2) is 4.39 Å².